The van der Waals surface area contributed by atoms with Crippen molar-refractivity contribution in [1.29, 1.82) is 0 Å². The Bertz CT molecular complexity index is 618. The number of thioether (sulfide) groups is 1. The van der Waals surface area contributed by atoms with E-state index in [9.17, 15) is 0 Å². The Morgan fingerprint density at radius 3 is 2.79 bits per heavy atom. The summed E-state index contributed by atoms with van der Waals surface area (Å²) in [5, 5.41) is 12.0. The molecule has 1 N–H and O–H groups in total. The Balaban J connectivity index is 1.88. The number of hydrogen-bond donors (Lipinski definition) is 1. The molecule has 0 radical (unpaired) electrons. The molecule has 0 unspecified atom stereocenters. The van der Waals surface area contributed by atoms with Gasteiger partial charge in [-0.05, 0) is 18.6 Å². The van der Waals surface area contributed by atoms with E-state index in [0.717, 1.165) is 40.1 Å². The molecule has 0 amide bonds. The van der Waals surface area contributed by atoms with Gasteiger partial charge in [0.25, 0.3) is 0 Å². The third-order valence-electron chi connectivity index (χ3n) is 2.84. The van der Waals surface area contributed by atoms with Crippen molar-refractivity contribution in [3.63, 3.8) is 0 Å². The summed E-state index contributed by atoms with van der Waals surface area (Å²) in [6.07, 6.45) is 1.96. The maximum absolute atomic E-state index is 5.91. The average molecular weight is 293 g/mol. The van der Waals surface area contributed by atoms with E-state index in [1.54, 1.807) is 11.8 Å². The van der Waals surface area contributed by atoms with Crippen molar-refractivity contribution in [2.24, 2.45) is 0 Å². The minimum atomic E-state index is 0.740. The molecule has 1 aromatic heterocycles. The van der Waals surface area contributed by atoms with Crippen LogP contribution in [0.4, 0.5) is 0 Å². The van der Waals surface area contributed by atoms with Crippen LogP contribution in [0.25, 0.3) is 5.70 Å². The third-order valence-corrected chi connectivity index (χ3v) is 3.92. The number of rotatable bonds is 3. The van der Waals surface area contributed by atoms with Gasteiger partial charge in [0.05, 0.1) is 5.70 Å². The SMILES string of the molecule is CCCc1nnc2n1NC(c1ccc(Cl)cc1)=CS2. The van der Waals surface area contributed by atoms with Crippen LogP contribution in [0, 0.1) is 0 Å². The van der Waals surface area contributed by atoms with Crippen molar-refractivity contribution in [3.05, 3.63) is 46.1 Å². The van der Waals surface area contributed by atoms with E-state index in [2.05, 4.69) is 22.5 Å². The van der Waals surface area contributed by atoms with Gasteiger partial charge in [0.2, 0.25) is 5.16 Å². The minimum Gasteiger partial charge on any atom is -0.290 e. The highest BCUT2D eigenvalue weighted by atomic mass is 35.5. The number of nitrogens with zero attached hydrogens (tertiary/aromatic N) is 3. The lowest BCUT2D eigenvalue weighted by atomic mass is 10.2. The molecule has 2 heterocycles. The average Bonchev–Trinajstić information content (AvgIpc) is 2.83. The Labute approximate surface area is 120 Å². The highest BCUT2D eigenvalue weighted by molar-refractivity contribution is 8.02. The molecule has 0 bridgehead atoms. The summed E-state index contributed by atoms with van der Waals surface area (Å²) in [6, 6.07) is 7.77. The summed E-state index contributed by atoms with van der Waals surface area (Å²) in [6.45, 7) is 2.13. The maximum Gasteiger partial charge on any atom is 0.214 e. The predicted octanol–water partition coefficient (Wildman–Crippen LogP) is 3.53. The Hall–Kier alpha value is -1.46. The van der Waals surface area contributed by atoms with Crippen LogP contribution in [0.3, 0.4) is 0 Å². The first kappa shape index (κ1) is 12.6. The van der Waals surface area contributed by atoms with Crippen molar-refractivity contribution in [2.45, 2.75) is 24.9 Å². The topological polar surface area (TPSA) is 42.7 Å². The normalized spacial score (nSPS) is 13.7. The number of fused-ring (bicyclic) bond motifs is 1. The van der Waals surface area contributed by atoms with Crippen LogP contribution in [-0.4, -0.2) is 14.9 Å². The van der Waals surface area contributed by atoms with Crippen LogP contribution in [0.15, 0.2) is 34.8 Å². The fourth-order valence-electron chi connectivity index (χ4n) is 1.89. The van der Waals surface area contributed by atoms with Crippen molar-refractivity contribution < 1.29 is 0 Å². The molecule has 0 saturated heterocycles. The number of nitrogens with one attached hydrogen (secondary N) is 1. The van der Waals surface area contributed by atoms with Crippen LogP contribution in [0.1, 0.15) is 24.7 Å². The molecule has 19 heavy (non-hydrogen) atoms. The standard InChI is InChI=1S/C13H13ClN4S/c1-2-3-12-15-16-13-18(12)17-11(8-19-13)9-4-6-10(14)7-5-9/h4-8,17H,2-3H2,1H3. The first-order chi connectivity index (χ1) is 9.28. The second-order valence-electron chi connectivity index (χ2n) is 4.25. The number of benzene rings is 1. The van der Waals surface area contributed by atoms with E-state index in [-0.39, 0.29) is 0 Å². The molecular weight excluding hydrogens is 280 g/mol. The lowest BCUT2D eigenvalue weighted by Crippen LogP contribution is -2.19. The van der Waals surface area contributed by atoms with Crippen molar-refractivity contribution in [1.82, 2.24) is 14.9 Å². The molecule has 0 fully saturated rings. The zero-order valence-corrected chi connectivity index (χ0v) is 12.0. The highest BCUT2D eigenvalue weighted by Gasteiger charge is 2.17. The van der Waals surface area contributed by atoms with Gasteiger partial charge in [-0.2, -0.15) is 0 Å². The van der Waals surface area contributed by atoms with Crippen LogP contribution in [0.2, 0.25) is 5.02 Å². The van der Waals surface area contributed by atoms with Gasteiger partial charge in [-0.1, -0.05) is 42.4 Å². The van der Waals surface area contributed by atoms with Crippen LogP contribution in [-0.2, 0) is 6.42 Å². The zero-order chi connectivity index (χ0) is 13.2. The third kappa shape index (κ3) is 2.48. The molecule has 0 saturated carbocycles. The van der Waals surface area contributed by atoms with E-state index in [4.69, 9.17) is 11.6 Å². The van der Waals surface area contributed by atoms with Gasteiger partial charge in [0.15, 0.2) is 5.82 Å². The molecule has 0 spiro atoms. The lowest BCUT2D eigenvalue weighted by molar-refractivity contribution is 0.741. The quantitative estimate of drug-likeness (QED) is 0.940. The lowest BCUT2D eigenvalue weighted by Gasteiger charge is -2.19. The largest absolute Gasteiger partial charge is 0.290 e. The van der Waals surface area contributed by atoms with Gasteiger partial charge in [-0.15, -0.1) is 10.2 Å². The summed E-state index contributed by atoms with van der Waals surface area (Å²) in [5.41, 5.74) is 5.48. The summed E-state index contributed by atoms with van der Waals surface area (Å²) in [7, 11) is 0. The molecule has 1 aromatic carbocycles. The second-order valence-corrected chi connectivity index (χ2v) is 5.53. The summed E-state index contributed by atoms with van der Waals surface area (Å²) < 4.78 is 1.96. The van der Waals surface area contributed by atoms with Crippen molar-refractivity contribution in [3.8, 4) is 0 Å². The number of aryl methyl sites for hydroxylation is 1. The number of hydrogen-bond acceptors (Lipinski definition) is 4. The molecule has 6 heteroatoms. The molecular formula is C13H13ClN4S. The van der Waals surface area contributed by atoms with Gasteiger partial charge in [0.1, 0.15) is 0 Å². The van der Waals surface area contributed by atoms with E-state index < -0.39 is 0 Å². The van der Waals surface area contributed by atoms with E-state index in [1.165, 1.54) is 0 Å². The molecule has 0 atom stereocenters. The van der Waals surface area contributed by atoms with Crippen LogP contribution in [0.5, 0.6) is 0 Å². The van der Waals surface area contributed by atoms with Gasteiger partial charge in [-0.3, -0.25) is 5.43 Å². The first-order valence-corrected chi connectivity index (χ1v) is 7.38. The van der Waals surface area contributed by atoms with E-state index in [1.807, 2.05) is 34.3 Å². The number of aromatic nitrogens is 3. The Morgan fingerprint density at radius 2 is 2.05 bits per heavy atom. The smallest absolute Gasteiger partial charge is 0.214 e. The fourth-order valence-corrected chi connectivity index (χ4v) is 2.78. The fraction of sp³-hybridized carbons (Fsp3) is 0.231. The first-order valence-electron chi connectivity index (χ1n) is 6.12. The summed E-state index contributed by atoms with van der Waals surface area (Å²) in [5.74, 6) is 0.963. The minimum absolute atomic E-state index is 0.740. The van der Waals surface area contributed by atoms with Gasteiger partial charge >= 0.3 is 0 Å². The van der Waals surface area contributed by atoms with Gasteiger partial charge in [0, 0.05) is 22.4 Å². The van der Waals surface area contributed by atoms with E-state index in [0.29, 0.717) is 0 Å². The maximum atomic E-state index is 5.91. The molecule has 3 rings (SSSR count). The number of halogens is 1. The monoisotopic (exact) mass is 292 g/mol. The van der Waals surface area contributed by atoms with Crippen LogP contribution >= 0.6 is 23.4 Å². The Kier molecular flexibility index (Phi) is 3.48. The predicted molar refractivity (Wildman–Crippen MR) is 78.7 cm³/mol. The molecule has 1 aliphatic rings. The van der Waals surface area contributed by atoms with Gasteiger partial charge in [-0.25, -0.2) is 4.68 Å². The molecule has 98 valence electrons. The molecule has 4 nitrogen and oxygen atoms in total. The zero-order valence-electron chi connectivity index (χ0n) is 10.4. The van der Waals surface area contributed by atoms with Crippen molar-refractivity contribution >= 4 is 29.1 Å². The molecule has 1 aliphatic heterocycles. The van der Waals surface area contributed by atoms with Crippen LogP contribution < -0.4 is 5.43 Å². The highest BCUT2D eigenvalue weighted by Crippen LogP contribution is 2.29. The molecule has 2 aromatic rings. The second kappa shape index (κ2) is 5.27. The molecule has 0 aliphatic carbocycles. The van der Waals surface area contributed by atoms with E-state index >= 15 is 0 Å². The summed E-state index contributed by atoms with van der Waals surface area (Å²) >= 11 is 7.48. The summed E-state index contributed by atoms with van der Waals surface area (Å²) in [4.78, 5) is 0. The Morgan fingerprint density at radius 1 is 1.26 bits per heavy atom. The van der Waals surface area contributed by atoms with Gasteiger partial charge < -0.3 is 0 Å². The van der Waals surface area contributed by atoms with Crippen molar-refractivity contribution in [2.75, 3.05) is 5.43 Å².